The van der Waals surface area contributed by atoms with Crippen molar-refractivity contribution in [1.29, 1.82) is 5.41 Å². The highest BCUT2D eigenvalue weighted by molar-refractivity contribution is 6.15. The van der Waals surface area contributed by atoms with Crippen LogP contribution in [0, 0.1) is 11.3 Å². The lowest BCUT2D eigenvalue weighted by Gasteiger charge is -2.49. The maximum Gasteiger partial charge on any atom is 0.121 e. The number of nitrogens with zero attached hydrogens (tertiary/aromatic N) is 1. The molecule has 1 N–H and O–H groups in total. The van der Waals surface area contributed by atoms with Crippen LogP contribution in [-0.2, 0) is 0 Å². The number of nitrogens with one attached hydrogen (secondary N) is 1. The van der Waals surface area contributed by atoms with Crippen molar-refractivity contribution in [2.45, 2.75) is 78.2 Å². The molecule has 1 rings (SSSR count). The van der Waals surface area contributed by atoms with Gasteiger partial charge >= 0.3 is 0 Å². The summed E-state index contributed by atoms with van der Waals surface area (Å²) in [5.74, 6) is 1.04. The molecule has 0 bridgehead atoms. The average molecular weight is 260 g/mol. The number of hydrogen-bond donors (Lipinski definition) is 1. The van der Waals surface area contributed by atoms with E-state index in [1.807, 2.05) is 19.9 Å². The summed E-state index contributed by atoms with van der Waals surface area (Å²) in [4.78, 5) is 2.25. The van der Waals surface area contributed by atoms with E-state index in [2.05, 4.69) is 32.6 Å². The quantitative estimate of drug-likeness (QED) is 0.460. The molecule has 0 aromatic carbocycles. The zero-order chi connectivity index (χ0) is 14.8. The third kappa shape index (κ3) is 3.87. The van der Waals surface area contributed by atoms with Crippen LogP contribution >= 0.6 is 0 Å². The Morgan fingerprint density at radius 3 is 2.47 bits per heavy atom. The SMILES string of the molecule is [B]C1(C)CCCC(N(C(=N)C=C(C)C)C(C)C)C1C. The minimum absolute atomic E-state index is 0.110. The molecule has 3 unspecified atom stereocenters. The highest BCUT2D eigenvalue weighted by Gasteiger charge is 2.39. The van der Waals surface area contributed by atoms with Gasteiger partial charge in [0.05, 0.1) is 7.85 Å². The molecule has 3 atom stereocenters. The molecule has 0 aromatic heterocycles. The van der Waals surface area contributed by atoms with Gasteiger partial charge in [0.25, 0.3) is 0 Å². The average Bonchev–Trinajstić information content (AvgIpc) is 2.23. The topological polar surface area (TPSA) is 27.1 Å². The number of hydrogen-bond acceptors (Lipinski definition) is 1. The Morgan fingerprint density at radius 1 is 1.42 bits per heavy atom. The van der Waals surface area contributed by atoms with E-state index in [0.29, 0.717) is 23.8 Å². The molecule has 1 aliphatic carbocycles. The number of rotatable bonds is 3. The van der Waals surface area contributed by atoms with Crippen LogP contribution in [0.25, 0.3) is 0 Å². The first-order valence-corrected chi connectivity index (χ1v) is 7.47. The Hall–Kier alpha value is -0.725. The molecule has 1 saturated carbocycles. The number of amidine groups is 1. The Labute approximate surface area is 120 Å². The molecule has 0 aliphatic heterocycles. The minimum Gasteiger partial charge on any atom is -0.351 e. The molecule has 0 spiro atoms. The molecule has 106 valence electrons. The summed E-state index contributed by atoms with van der Waals surface area (Å²) >= 11 is 0. The molecule has 2 radical (unpaired) electrons. The predicted molar refractivity (Wildman–Crippen MR) is 85.1 cm³/mol. The van der Waals surface area contributed by atoms with Gasteiger partial charge in [-0.2, -0.15) is 0 Å². The second kappa shape index (κ2) is 6.15. The molecule has 0 aromatic rings. The predicted octanol–water partition coefficient (Wildman–Crippen LogP) is 4.18. The van der Waals surface area contributed by atoms with Crippen molar-refractivity contribution in [3.63, 3.8) is 0 Å². The summed E-state index contributed by atoms with van der Waals surface area (Å²) in [6, 6.07) is 0.719. The third-order valence-electron chi connectivity index (χ3n) is 4.45. The van der Waals surface area contributed by atoms with Crippen molar-refractivity contribution >= 4 is 13.7 Å². The van der Waals surface area contributed by atoms with Crippen LogP contribution < -0.4 is 0 Å². The first-order chi connectivity index (χ1) is 8.66. The highest BCUT2D eigenvalue weighted by atomic mass is 15.2. The lowest BCUT2D eigenvalue weighted by molar-refractivity contribution is 0.124. The van der Waals surface area contributed by atoms with E-state index in [9.17, 15) is 0 Å². The van der Waals surface area contributed by atoms with Gasteiger partial charge in [0.1, 0.15) is 5.84 Å². The zero-order valence-electron chi connectivity index (χ0n) is 13.5. The Balaban J connectivity index is 2.99. The molecule has 0 heterocycles. The fraction of sp³-hybridized carbons (Fsp3) is 0.812. The van der Waals surface area contributed by atoms with Gasteiger partial charge in [0.15, 0.2) is 0 Å². The van der Waals surface area contributed by atoms with E-state index in [0.717, 1.165) is 19.3 Å². The highest BCUT2D eigenvalue weighted by Crippen LogP contribution is 2.46. The van der Waals surface area contributed by atoms with Gasteiger partial charge in [0.2, 0.25) is 0 Å². The van der Waals surface area contributed by atoms with Crippen LogP contribution in [-0.4, -0.2) is 30.7 Å². The lowest BCUT2D eigenvalue weighted by Crippen LogP contribution is -2.51. The van der Waals surface area contributed by atoms with E-state index in [-0.39, 0.29) is 5.31 Å². The van der Waals surface area contributed by atoms with E-state index in [1.165, 1.54) is 5.57 Å². The van der Waals surface area contributed by atoms with Crippen molar-refractivity contribution in [2.75, 3.05) is 0 Å². The lowest BCUT2D eigenvalue weighted by atomic mass is 9.54. The van der Waals surface area contributed by atoms with Crippen molar-refractivity contribution in [2.24, 2.45) is 5.92 Å². The van der Waals surface area contributed by atoms with E-state index >= 15 is 0 Å². The minimum atomic E-state index is -0.110. The Morgan fingerprint density at radius 2 is 2.00 bits per heavy atom. The van der Waals surface area contributed by atoms with Gasteiger partial charge in [-0.15, -0.1) is 0 Å². The van der Waals surface area contributed by atoms with Gasteiger partial charge in [0, 0.05) is 12.1 Å². The van der Waals surface area contributed by atoms with Crippen molar-refractivity contribution in [3.05, 3.63) is 11.6 Å². The van der Waals surface area contributed by atoms with Gasteiger partial charge < -0.3 is 4.90 Å². The monoisotopic (exact) mass is 260 g/mol. The van der Waals surface area contributed by atoms with Gasteiger partial charge in [-0.25, -0.2) is 0 Å². The summed E-state index contributed by atoms with van der Waals surface area (Å²) < 4.78 is 0. The van der Waals surface area contributed by atoms with Crippen LogP contribution in [0.2, 0.25) is 5.31 Å². The smallest absolute Gasteiger partial charge is 0.121 e. The van der Waals surface area contributed by atoms with Crippen molar-refractivity contribution in [1.82, 2.24) is 4.90 Å². The molecule has 1 aliphatic rings. The Bertz CT molecular complexity index is 354. The van der Waals surface area contributed by atoms with Crippen molar-refractivity contribution < 1.29 is 0 Å². The summed E-state index contributed by atoms with van der Waals surface area (Å²) in [5, 5.41) is 8.26. The van der Waals surface area contributed by atoms with Crippen LogP contribution in [0.1, 0.15) is 60.8 Å². The summed E-state index contributed by atoms with van der Waals surface area (Å²) in [6.07, 6.45) is 5.36. The maximum atomic E-state index is 8.37. The van der Waals surface area contributed by atoms with E-state index in [1.54, 1.807) is 0 Å². The van der Waals surface area contributed by atoms with Gasteiger partial charge in [-0.1, -0.05) is 37.6 Å². The second-order valence-corrected chi connectivity index (χ2v) is 6.86. The first-order valence-electron chi connectivity index (χ1n) is 7.47. The first kappa shape index (κ1) is 16.3. The van der Waals surface area contributed by atoms with Crippen LogP contribution in [0.5, 0.6) is 0 Å². The van der Waals surface area contributed by atoms with Crippen molar-refractivity contribution in [3.8, 4) is 0 Å². The summed E-state index contributed by atoms with van der Waals surface area (Å²) in [7, 11) is 6.44. The van der Waals surface area contributed by atoms with Crippen LogP contribution in [0.4, 0.5) is 0 Å². The van der Waals surface area contributed by atoms with Gasteiger partial charge in [-0.05, 0) is 46.1 Å². The molecular weight excluding hydrogens is 231 g/mol. The maximum absolute atomic E-state index is 8.37. The largest absolute Gasteiger partial charge is 0.351 e. The second-order valence-electron chi connectivity index (χ2n) is 6.86. The summed E-state index contributed by atoms with van der Waals surface area (Å²) in [6.45, 7) is 12.8. The van der Waals surface area contributed by atoms with Crippen LogP contribution in [0.3, 0.4) is 0 Å². The van der Waals surface area contributed by atoms with Crippen LogP contribution in [0.15, 0.2) is 11.6 Å². The molecule has 1 fully saturated rings. The molecule has 2 nitrogen and oxygen atoms in total. The van der Waals surface area contributed by atoms with E-state index < -0.39 is 0 Å². The number of allylic oxidation sites excluding steroid dienone is 1. The molecule has 0 amide bonds. The fourth-order valence-electron chi connectivity index (χ4n) is 3.18. The Kier molecular flexibility index (Phi) is 5.29. The van der Waals surface area contributed by atoms with Gasteiger partial charge in [-0.3, -0.25) is 5.41 Å². The zero-order valence-corrected chi connectivity index (χ0v) is 13.5. The summed E-state index contributed by atoms with van der Waals surface area (Å²) in [5.41, 5.74) is 1.18. The normalized spacial score (nSPS) is 31.1. The molecule has 19 heavy (non-hydrogen) atoms. The molecule has 3 heteroatoms. The molecule has 0 saturated heterocycles. The molecular formula is C16H29BN2. The standard InChI is InChI=1S/C16H29BN2/c1-11(2)10-15(18)19(12(3)4)14-8-7-9-16(6,17)13(14)5/h10,12-14,18H,7-9H2,1-6H3. The third-order valence-corrected chi connectivity index (χ3v) is 4.45. The van der Waals surface area contributed by atoms with E-state index in [4.69, 9.17) is 13.3 Å². The fourth-order valence-corrected chi connectivity index (χ4v) is 3.18.